The van der Waals surface area contributed by atoms with Gasteiger partial charge in [-0.15, -0.1) is 0 Å². The van der Waals surface area contributed by atoms with Crippen LogP contribution in [0.4, 0.5) is 0 Å². The topological polar surface area (TPSA) is 48.2 Å². The molecule has 0 saturated carbocycles. The predicted molar refractivity (Wildman–Crippen MR) is 54.0 cm³/mol. The standard InChI is InChI=1S/C9H7BrN2O2/c1-13-8-3-2-6(4-11-8)7-5-12-9(10)14-7/h2-5H,1H3. The summed E-state index contributed by atoms with van der Waals surface area (Å²) in [4.78, 5) is 8.45. The third-order valence-corrected chi connectivity index (χ3v) is 2.07. The maximum absolute atomic E-state index is 5.27. The first-order chi connectivity index (χ1) is 6.79. The Morgan fingerprint density at radius 3 is 2.64 bits per heavy atom. The smallest absolute Gasteiger partial charge is 0.264 e. The first-order valence-electron chi connectivity index (χ1n) is 3.91. The summed E-state index contributed by atoms with van der Waals surface area (Å²) in [5.41, 5.74) is 0.865. The summed E-state index contributed by atoms with van der Waals surface area (Å²) >= 11 is 3.13. The van der Waals surface area contributed by atoms with Gasteiger partial charge in [0.15, 0.2) is 5.76 Å². The van der Waals surface area contributed by atoms with Gasteiger partial charge < -0.3 is 9.15 Å². The van der Waals surface area contributed by atoms with Crippen LogP contribution in [0.3, 0.4) is 0 Å². The van der Waals surface area contributed by atoms with Gasteiger partial charge in [-0.1, -0.05) is 0 Å². The van der Waals surface area contributed by atoms with Crippen molar-refractivity contribution in [3.63, 3.8) is 0 Å². The summed E-state index contributed by atoms with van der Waals surface area (Å²) in [5.74, 6) is 1.25. The molecule has 2 heterocycles. The monoisotopic (exact) mass is 254 g/mol. The fraction of sp³-hybridized carbons (Fsp3) is 0.111. The van der Waals surface area contributed by atoms with E-state index in [9.17, 15) is 0 Å². The van der Waals surface area contributed by atoms with Crippen molar-refractivity contribution in [2.75, 3.05) is 7.11 Å². The summed E-state index contributed by atoms with van der Waals surface area (Å²) in [5, 5.41) is 0. The fourth-order valence-electron chi connectivity index (χ4n) is 1.03. The molecular weight excluding hydrogens is 248 g/mol. The van der Waals surface area contributed by atoms with Gasteiger partial charge in [0.1, 0.15) is 0 Å². The summed E-state index contributed by atoms with van der Waals surface area (Å²) in [6, 6.07) is 3.63. The van der Waals surface area contributed by atoms with Crippen LogP contribution >= 0.6 is 15.9 Å². The number of halogens is 1. The zero-order valence-corrected chi connectivity index (χ0v) is 8.98. The molecule has 0 amide bonds. The summed E-state index contributed by atoms with van der Waals surface area (Å²) in [6.07, 6.45) is 3.30. The van der Waals surface area contributed by atoms with Crippen LogP contribution < -0.4 is 4.74 Å². The molecule has 0 saturated heterocycles. The quantitative estimate of drug-likeness (QED) is 0.827. The van der Waals surface area contributed by atoms with Gasteiger partial charge in [0, 0.05) is 33.8 Å². The number of oxazole rings is 1. The van der Waals surface area contributed by atoms with Crippen LogP contribution in [0.1, 0.15) is 0 Å². The lowest BCUT2D eigenvalue weighted by atomic mass is 10.2. The van der Waals surface area contributed by atoms with Gasteiger partial charge in [0.2, 0.25) is 5.88 Å². The van der Waals surface area contributed by atoms with Crippen LogP contribution in [-0.4, -0.2) is 17.1 Å². The van der Waals surface area contributed by atoms with Crippen molar-refractivity contribution in [1.82, 2.24) is 9.97 Å². The molecule has 72 valence electrons. The lowest BCUT2D eigenvalue weighted by molar-refractivity contribution is 0.398. The lowest BCUT2D eigenvalue weighted by Crippen LogP contribution is -1.86. The molecule has 5 heteroatoms. The molecule has 2 aromatic heterocycles. The van der Waals surface area contributed by atoms with E-state index in [0.717, 1.165) is 5.56 Å². The summed E-state index contributed by atoms with van der Waals surface area (Å²) in [6.45, 7) is 0. The average molecular weight is 255 g/mol. The Balaban J connectivity index is 2.33. The number of methoxy groups -OCH3 is 1. The van der Waals surface area contributed by atoms with Crippen LogP contribution in [0, 0.1) is 0 Å². The maximum atomic E-state index is 5.27. The number of hydrogen-bond donors (Lipinski definition) is 0. The zero-order valence-electron chi connectivity index (χ0n) is 7.40. The molecule has 0 aromatic carbocycles. The number of rotatable bonds is 2. The Morgan fingerprint density at radius 2 is 2.14 bits per heavy atom. The first-order valence-corrected chi connectivity index (χ1v) is 4.70. The predicted octanol–water partition coefficient (Wildman–Crippen LogP) is 2.51. The van der Waals surface area contributed by atoms with Crippen molar-refractivity contribution in [3.05, 3.63) is 29.3 Å². The molecule has 0 unspecified atom stereocenters. The van der Waals surface area contributed by atoms with Crippen molar-refractivity contribution in [2.45, 2.75) is 0 Å². The van der Waals surface area contributed by atoms with Crippen molar-refractivity contribution >= 4 is 15.9 Å². The first kappa shape index (κ1) is 9.21. The highest BCUT2D eigenvalue weighted by Gasteiger charge is 2.04. The SMILES string of the molecule is COc1ccc(-c2cnc(Br)o2)cn1. The lowest BCUT2D eigenvalue weighted by Gasteiger charge is -1.98. The van der Waals surface area contributed by atoms with Gasteiger partial charge in [0.05, 0.1) is 13.3 Å². The van der Waals surface area contributed by atoms with Gasteiger partial charge in [-0.25, -0.2) is 9.97 Å². The van der Waals surface area contributed by atoms with Crippen LogP contribution in [-0.2, 0) is 0 Å². The Labute approximate surface area is 89.1 Å². The number of hydrogen-bond acceptors (Lipinski definition) is 4. The third-order valence-electron chi connectivity index (χ3n) is 1.71. The van der Waals surface area contributed by atoms with E-state index < -0.39 is 0 Å². The molecule has 2 aromatic rings. The zero-order chi connectivity index (χ0) is 9.97. The van der Waals surface area contributed by atoms with Crippen LogP contribution in [0.15, 0.2) is 33.7 Å². The van der Waals surface area contributed by atoms with Crippen molar-refractivity contribution in [1.29, 1.82) is 0 Å². The second kappa shape index (κ2) is 3.79. The van der Waals surface area contributed by atoms with Gasteiger partial charge in [-0.05, 0) is 6.07 Å². The van der Waals surface area contributed by atoms with Gasteiger partial charge >= 0.3 is 0 Å². The van der Waals surface area contributed by atoms with Crippen LogP contribution in [0.5, 0.6) is 5.88 Å². The Morgan fingerprint density at radius 1 is 1.29 bits per heavy atom. The number of nitrogens with zero attached hydrogens (tertiary/aromatic N) is 2. The maximum Gasteiger partial charge on any atom is 0.264 e. The second-order valence-corrected chi connectivity index (χ2v) is 3.25. The third kappa shape index (κ3) is 1.77. The molecule has 0 N–H and O–H groups in total. The molecule has 0 spiro atoms. The fourth-order valence-corrected chi connectivity index (χ4v) is 1.31. The van der Waals surface area contributed by atoms with Crippen molar-refractivity contribution < 1.29 is 9.15 Å². The molecule has 0 aliphatic heterocycles. The van der Waals surface area contributed by atoms with E-state index >= 15 is 0 Å². The minimum absolute atomic E-state index is 0.461. The van der Waals surface area contributed by atoms with Gasteiger partial charge in [-0.3, -0.25) is 0 Å². The van der Waals surface area contributed by atoms with Gasteiger partial charge in [-0.2, -0.15) is 0 Å². The molecule has 0 bridgehead atoms. The molecule has 0 atom stereocenters. The molecule has 0 fully saturated rings. The van der Waals surface area contributed by atoms with Gasteiger partial charge in [0.25, 0.3) is 4.80 Å². The summed E-state index contributed by atoms with van der Waals surface area (Å²) in [7, 11) is 1.58. The largest absolute Gasteiger partial charge is 0.481 e. The molecule has 2 rings (SSSR count). The highest BCUT2D eigenvalue weighted by atomic mass is 79.9. The van der Waals surface area contributed by atoms with Crippen LogP contribution in [0.25, 0.3) is 11.3 Å². The van der Waals surface area contributed by atoms with E-state index in [-0.39, 0.29) is 0 Å². The normalized spacial score (nSPS) is 10.1. The summed E-state index contributed by atoms with van der Waals surface area (Å²) < 4.78 is 10.2. The number of pyridine rings is 1. The molecule has 0 aliphatic rings. The second-order valence-electron chi connectivity index (χ2n) is 2.57. The van der Waals surface area contributed by atoms with E-state index in [4.69, 9.17) is 9.15 Å². The number of ether oxygens (including phenoxy) is 1. The average Bonchev–Trinajstić information content (AvgIpc) is 2.65. The minimum atomic E-state index is 0.461. The van der Waals surface area contributed by atoms with E-state index in [0.29, 0.717) is 16.4 Å². The molecular formula is C9H7BrN2O2. The molecule has 4 nitrogen and oxygen atoms in total. The highest BCUT2D eigenvalue weighted by Crippen LogP contribution is 2.22. The van der Waals surface area contributed by atoms with E-state index in [2.05, 4.69) is 25.9 Å². The molecule has 14 heavy (non-hydrogen) atoms. The Kier molecular flexibility index (Phi) is 2.49. The van der Waals surface area contributed by atoms with E-state index in [1.807, 2.05) is 6.07 Å². The van der Waals surface area contributed by atoms with E-state index in [1.165, 1.54) is 0 Å². The Bertz CT molecular complexity index is 425. The van der Waals surface area contributed by atoms with Crippen molar-refractivity contribution in [2.24, 2.45) is 0 Å². The molecule has 0 radical (unpaired) electrons. The Hall–Kier alpha value is -1.36. The van der Waals surface area contributed by atoms with Crippen LogP contribution in [0.2, 0.25) is 0 Å². The minimum Gasteiger partial charge on any atom is -0.481 e. The highest BCUT2D eigenvalue weighted by molar-refractivity contribution is 9.10. The molecule has 0 aliphatic carbocycles. The van der Waals surface area contributed by atoms with Crippen molar-refractivity contribution in [3.8, 4) is 17.2 Å². The number of aromatic nitrogens is 2. The van der Waals surface area contributed by atoms with E-state index in [1.54, 1.807) is 25.6 Å².